The number of carbonyl (C=O) groups is 2. The molecule has 0 aliphatic rings. The van der Waals surface area contributed by atoms with Crippen LogP contribution >= 0.6 is 23.2 Å². The minimum Gasteiger partial charge on any atom is -0.352 e. The first-order valence-electron chi connectivity index (χ1n) is 7.58. The maximum Gasteiger partial charge on any atom is 0.270 e. The summed E-state index contributed by atoms with van der Waals surface area (Å²) in [5.74, 6) is -0.646. The fraction of sp³-hybridized carbons (Fsp3) is 0.167. The molecule has 0 spiro atoms. The summed E-state index contributed by atoms with van der Waals surface area (Å²) in [5, 5.41) is 6.53. The predicted molar refractivity (Wildman–Crippen MR) is 99.3 cm³/mol. The van der Waals surface area contributed by atoms with E-state index in [1.807, 2.05) is 6.07 Å². The van der Waals surface area contributed by atoms with Crippen molar-refractivity contribution >= 4 is 35.0 Å². The van der Waals surface area contributed by atoms with Gasteiger partial charge in [0.2, 0.25) is 0 Å². The van der Waals surface area contributed by atoms with Crippen LogP contribution in [0.2, 0.25) is 10.0 Å². The van der Waals surface area contributed by atoms with Gasteiger partial charge in [-0.15, -0.1) is 6.58 Å². The van der Waals surface area contributed by atoms with Crippen molar-refractivity contribution < 1.29 is 9.59 Å². The lowest BCUT2D eigenvalue weighted by Crippen LogP contribution is -2.27. The number of rotatable bonds is 7. The van der Waals surface area contributed by atoms with Gasteiger partial charge >= 0.3 is 0 Å². The maximum absolute atomic E-state index is 12.2. The summed E-state index contributed by atoms with van der Waals surface area (Å²) in [5.41, 5.74) is 1.43. The van der Waals surface area contributed by atoms with Crippen molar-refractivity contribution in [2.75, 3.05) is 13.1 Å². The van der Waals surface area contributed by atoms with Crippen LogP contribution in [0.15, 0.2) is 49.2 Å². The zero-order chi connectivity index (χ0) is 18.2. The Kier molecular flexibility index (Phi) is 6.98. The molecule has 0 unspecified atom stereocenters. The fourth-order valence-electron chi connectivity index (χ4n) is 2.09. The van der Waals surface area contributed by atoms with Gasteiger partial charge in [-0.25, -0.2) is 0 Å². The summed E-state index contributed by atoms with van der Waals surface area (Å²) in [6.07, 6.45) is 3.56. The van der Waals surface area contributed by atoms with Crippen LogP contribution in [0.5, 0.6) is 0 Å². The summed E-state index contributed by atoms with van der Waals surface area (Å²) < 4.78 is 0. The van der Waals surface area contributed by atoms with Gasteiger partial charge in [0.1, 0.15) is 5.69 Å². The molecule has 2 N–H and O–H groups in total. The first-order valence-corrected chi connectivity index (χ1v) is 8.34. The van der Waals surface area contributed by atoms with Crippen molar-refractivity contribution in [2.45, 2.75) is 6.42 Å². The number of halogens is 2. The molecular weight excluding hydrogens is 361 g/mol. The number of amides is 2. The van der Waals surface area contributed by atoms with Crippen LogP contribution in [-0.2, 0) is 6.42 Å². The number of aromatic nitrogens is 1. The highest BCUT2D eigenvalue weighted by molar-refractivity contribution is 6.35. The lowest BCUT2D eigenvalue weighted by atomic mass is 10.1. The van der Waals surface area contributed by atoms with Crippen molar-refractivity contribution in [1.82, 2.24) is 15.6 Å². The Morgan fingerprint density at radius 2 is 1.92 bits per heavy atom. The van der Waals surface area contributed by atoms with Crippen molar-refractivity contribution in [3.8, 4) is 0 Å². The van der Waals surface area contributed by atoms with Crippen LogP contribution in [0.3, 0.4) is 0 Å². The topological polar surface area (TPSA) is 71.1 Å². The van der Waals surface area contributed by atoms with Gasteiger partial charge < -0.3 is 10.6 Å². The summed E-state index contributed by atoms with van der Waals surface area (Å²) in [6.45, 7) is 4.26. The molecule has 0 radical (unpaired) electrons. The fourth-order valence-corrected chi connectivity index (χ4v) is 2.59. The average molecular weight is 378 g/mol. The highest BCUT2D eigenvalue weighted by Crippen LogP contribution is 2.21. The molecule has 25 heavy (non-hydrogen) atoms. The number of benzene rings is 1. The van der Waals surface area contributed by atoms with E-state index in [0.717, 1.165) is 5.56 Å². The molecule has 0 atom stereocenters. The standard InChI is InChI=1S/C18H17Cl2N3O2/c1-2-7-22-18(25)16-10-13(6-8-21-16)17(24)23-9-5-12-3-4-14(19)11-15(12)20/h2-4,6,8,10-11H,1,5,7,9H2,(H,22,25)(H,23,24). The van der Waals surface area contributed by atoms with Gasteiger partial charge in [-0.05, 0) is 36.2 Å². The molecule has 0 fully saturated rings. The first-order chi connectivity index (χ1) is 12.0. The molecule has 0 saturated carbocycles. The van der Waals surface area contributed by atoms with E-state index < -0.39 is 0 Å². The summed E-state index contributed by atoms with van der Waals surface area (Å²) in [4.78, 5) is 28.1. The van der Waals surface area contributed by atoms with Gasteiger partial charge in [0.15, 0.2) is 0 Å². The maximum atomic E-state index is 12.2. The molecule has 130 valence electrons. The van der Waals surface area contributed by atoms with Crippen molar-refractivity contribution in [1.29, 1.82) is 0 Å². The molecule has 2 amide bonds. The quantitative estimate of drug-likeness (QED) is 0.727. The van der Waals surface area contributed by atoms with E-state index >= 15 is 0 Å². The third kappa shape index (κ3) is 5.59. The second kappa shape index (κ2) is 9.20. The Balaban J connectivity index is 1.94. The van der Waals surface area contributed by atoms with Crippen LogP contribution in [0.1, 0.15) is 26.4 Å². The van der Waals surface area contributed by atoms with E-state index in [1.165, 1.54) is 12.3 Å². The lowest BCUT2D eigenvalue weighted by molar-refractivity contribution is 0.0953. The molecule has 0 saturated heterocycles. The number of pyridine rings is 1. The van der Waals surface area contributed by atoms with Gasteiger partial charge in [0, 0.05) is 34.9 Å². The molecule has 2 aromatic rings. The third-order valence-electron chi connectivity index (χ3n) is 3.36. The van der Waals surface area contributed by atoms with Crippen LogP contribution in [0, 0.1) is 0 Å². The Labute approximate surface area is 156 Å². The number of carbonyl (C=O) groups excluding carboxylic acids is 2. The largest absolute Gasteiger partial charge is 0.352 e. The molecule has 0 aliphatic heterocycles. The third-order valence-corrected chi connectivity index (χ3v) is 3.94. The average Bonchev–Trinajstić information content (AvgIpc) is 2.61. The minimum absolute atomic E-state index is 0.176. The Bertz CT molecular complexity index is 794. The molecular formula is C18H17Cl2N3O2. The highest BCUT2D eigenvalue weighted by atomic mass is 35.5. The zero-order valence-corrected chi connectivity index (χ0v) is 14.9. The molecule has 0 bridgehead atoms. The van der Waals surface area contributed by atoms with Crippen LogP contribution in [0.25, 0.3) is 0 Å². The van der Waals surface area contributed by atoms with Gasteiger partial charge in [-0.3, -0.25) is 14.6 Å². The summed E-state index contributed by atoms with van der Waals surface area (Å²) in [6, 6.07) is 8.24. The summed E-state index contributed by atoms with van der Waals surface area (Å²) in [7, 11) is 0. The molecule has 0 aliphatic carbocycles. The smallest absolute Gasteiger partial charge is 0.270 e. The van der Waals surface area contributed by atoms with Gasteiger partial charge in [-0.1, -0.05) is 35.3 Å². The number of hydrogen-bond acceptors (Lipinski definition) is 3. The van der Waals surface area contributed by atoms with E-state index in [2.05, 4.69) is 22.2 Å². The van der Waals surface area contributed by atoms with Gasteiger partial charge in [0.25, 0.3) is 11.8 Å². The van der Waals surface area contributed by atoms with Crippen LogP contribution in [-0.4, -0.2) is 29.9 Å². The molecule has 5 nitrogen and oxygen atoms in total. The Morgan fingerprint density at radius 3 is 2.64 bits per heavy atom. The van der Waals surface area contributed by atoms with Crippen molar-refractivity contribution in [2.24, 2.45) is 0 Å². The van der Waals surface area contributed by atoms with E-state index in [-0.39, 0.29) is 17.5 Å². The zero-order valence-electron chi connectivity index (χ0n) is 13.4. The molecule has 1 aromatic carbocycles. The minimum atomic E-state index is -0.359. The summed E-state index contributed by atoms with van der Waals surface area (Å²) >= 11 is 12.0. The molecule has 1 heterocycles. The van der Waals surface area contributed by atoms with Crippen LogP contribution in [0.4, 0.5) is 0 Å². The predicted octanol–water partition coefficient (Wildman–Crippen LogP) is 3.28. The molecule has 1 aromatic heterocycles. The van der Waals surface area contributed by atoms with Gasteiger partial charge in [0.05, 0.1) is 0 Å². The second-order valence-corrected chi connectivity index (χ2v) is 6.01. The van der Waals surface area contributed by atoms with E-state index in [9.17, 15) is 9.59 Å². The van der Waals surface area contributed by atoms with E-state index in [1.54, 1.807) is 24.3 Å². The van der Waals surface area contributed by atoms with Crippen LogP contribution < -0.4 is 10.6 Å². The Hall–Kier alpha value is -2.37. The Morgan fingerprint density at radius 1 is 1.12 bits per heavy atom. The normalized spacial score (nSPS) is 10.2. The van der Waals surface area contributed by atoms with E-state index in [4.69, 9.17) is 23.2 Å². The SMILES string of the molecule is C=CCNC(=O)c1cc(C(=O)NCCc2ccc(Cl)cc2Cl)ccn1. The lowest BCUT2D eigenvalue weighted by Gasteiger charge is -2.08. The second-order valence-electron chi connectivity index (χ2n) is 5.17. The van der Waals surface area contributed by atoms with E-state index in [0.29, 0.717) is 35.1 Å². The van der Waals surface area contributed by atoms with Crippen molar-refractivity contribution in [3.63, 3.8) is 0 Å². The monoisotopic (exact) mass is 377 g/mol. The molecule has 7 heteroatoms. The number of hydrogen-bond donors (Lipinski definition) is 2. The van der Waals surface area contributed by atoms with Gasteiger partial charge in [-0.2, -0.15) is 0 Å². The molecule has 2 rings (SSSR count). The van der Waals surface area contributed by atoms with Crippen molar-refractivity contribution in [3.05, 3.63) is 76.0 Å². The highest BCUT2D eigenvalue weighted by Gasteiger charge is 2.11. The number of nitrogens with zero attached hydrogens (tertiary/aromatic N) is 1. The first kappa shape index (κ1) is 19.0. The number of nitrogens with one attached hydrogen (secondary N) is 2.